The Morgan fingerprint density at radius 1 is 1.17 bits per heavy atom. The molecule has 6 nitrogen and oxygen atoms in total. The largest absolute Gasteiger partial charge is 0.387 e. The molecular weight excluding hydrogens is 318 g/mol. The standard InChI is InChI=1S/C16H20F2N4O2/c1-11-19-16(20-24-11)10-22-6-4-21(5-7-22)9-15(23)12-2-3-13(17)14(18)8-12/h2-3,8,15,23H,4-7,9-10H2,1H3. The van der Waals surface area contributed by atoms with Crippen LogP contribution in [-0.2, 0) is 6.54 Å². The quantitative estimate of drug-likeness (QED) is 0.891. The summed E-state index contributed by atoms with van der Waals surface area (Å²) in [6.45, 7) is 5.97. The third-order valence-electron chi connectivity index (χ3n) is 4.16. The third-order valence-corrected chi connectivity index (χ3v) is 4.16. The Hall–Kier alpha value is -1.90. The molecule has 1 aromatic carbocycles. The summed E-state index contributed by atoms with van der Waals surface area (Å²) in [5.41, 5.74) is 0.388. The summed E-state index contributed by atoms with van der Waals surface area (Å²) >= 11 is 0. The number of nitrogens with zero attached hydrogens (tertiary/aromatic N) is 4. The Morgan fingerprint density at radius 3 is 2.50 bits per heavy atom. The van der Waals surface area contributed by atoms with Gasteiger partial charge in [-0.1, -0.05) is 11.2 Å². The van der Waals surface area contributed by atoms with Crippen LogP contribution in [0, 0.1) is 18.6 Å². The molecule has 1 aliphatic heterocycles. The van der Waals surface area contributed by atoms with Gasteiger partial charge in [0.1, 0.15) is 0 Å². The van der Waals surface area contributed by atoms with E-state index in [1.54, 1.807) is 6.92 Å². The summed E-state index contributed by atoms with van der Waals surface area (Å²) in [6.07, 6.45) is -0.841. The van der Waals surface area contributed by atoms with E-state index in [9.17, 15) is 13.9 Å². The molecule has 1 aromatic heterocycles. The fraction of sp³-hybridized carbons (Fsp3) is 0.500. The topological polar surface area (TPSA) is 65.6 Å². The second kappa shape index (κ2) is 7.33. The highest BCUT2D eigenvalue weighted by Gasteiger charge is 2.21. The molecular formula is C16H20F2N4O2. The number of β-amino-alcohol motifs (C(OH)–C–C–N with tert-alkyl or cyclic N) is 1. The van der Waals surface area contributed by atoms with Gasteiger partial charge in [0.15, 0.2) is 17.5 Å². The van der Waals surface area contributed by atoms with Crippen LogP contribution in [0.15, 0.2) is 22.7 Å². The molecule has 0 radical (unpaired) electrons. The van der Waals surface area contributed by atoms with E-state index in [0.717, 1.165) is 38.3 Å². The van der Waals surface area contributed by atoms with Crippen molar-refractivity contribution in [2.75, 3.05) is 32.7 Å². The van der Waals surface area contributed by atoms with Crippen LogP contribution < -0.4 is 0 Å². The van der Waals surface area contributed by atoms with Gasteiger partial charge in [-0.3, -0.25) is 9.80 Å². The Bertz CT molecular complexity index is 686. The Morgan fingerprint density at radius 2 is 1.88 bits per heavy atom. The third kappa shape index (κ3) is 4.14. The van der Waals surface area contributed by atoms with Crippen LogP contribution in [0.3, 0.4) is 0 Å². The van der Waals surface area contributed by atoms with Gasteiger partial charge in [0.2, 0.25) is 5.89 Å². The fourth-order valence-electron chi connectivity index (χ4n) is 2.81. The van der Waals surface area contributed by atoms with E-state index in [-0.39, 0.29) is 0 Å². The van der Waals surface area contributed by atoms with Crippen LogP contribution in [0.2, 0.25) is 0 Å². The van der Waals surface area contributed by atoms with Crippen LogP contribution in [0.1, 0.15) is 23.4 Å². The van der Waals surface area contributed by atoms with Crippen LogP contribution >= 0.6 is 0 Å². The summed E-state index contributed by atoms with van der Waals surface area (Å²) in [4.78, 5) is 8.50. The minimum Gasteiger partial charge on any atom is -0.387 e. The highest BCUT2D eigenvalue weighted by atomic mass is 19.2. The first-order valence-corrected chi connectivity index (χ1v) is 7.88. The minimum atomic E-state index is -0.938. The van der Waals surface area contributed by atoms with Crippen molar-refractivity contribution in [3.8, 4) is 0 Å². The van der Waals surface area contributed by atoms with E-state index in [0.29, 0.717) is 30.4 Å². The summed E-state index contributed by atoms with van der Waals surface area (Å²) < 4.78 is 31.2. The highest BCUT2D eigenvalue weighted by Crippen LogP contribution is 2.18. The van der Waals surface area contributed by atoms with E-state index in [2.05, 4.69) is 19.9 Å². The number of halogens is 2. The van der Waals surface area contributed by atoms with Crippen molar-refractivity contribution in [2.45, 2.75) is 19.6 Å². The zero-order valence-corrected chi connectivity index (χ0v) is 13.5. The van der Waals surface area contributed by atoms with Crippen molar-refractivity contribution >= 4 is 0 Å². The lowest BCUT2D eigenvalue weighted by Gasteiger charge is -2.35. The highest BCUT2D eigenvalue weighted by molar-refractivity contribution is 5.20. The number of benzene rings is 1. The van der Waals surface area contributed by atoms with Crippen molar-refractivity contribution in [2.24, 2.45) is 0 Å². The average Bonchev–Trinajstić information content (AvgIpc) is 2.97. The van der Waals surface area contributed by atoms with E-state index in [1.165, 1.54) is 6.07 Å². The molecule has 8 heteroatoms. The molecule has 1 atom stereocenters. The molecule has 0 bridgehead atoms. The molecule has 0 saturated carbocycles. The van der Waals surface area contributed by atoms with E-state index >= 15 is 0 Å². The van der Waals surface area contributed by atoms with Gasteiger partial charge in [0.25, 0.3) is 0 Å². The molecule has 0 amide bonds. The van der Waals surface area contributed by atoms with Gasteiger partial charge in [0.05, 0.1) is 12.6 Å². The molecule has 1 fully saturated rings. The number of aromatic nitrogens is 2. The number of piperazine rings is 1. The maximum absolute atomic E-state index is 13.3. The van der Waals surface area contributed by atoms with Gasteiger partial charge in [-0.2, -0.15) is 4.98 Å². The monoisotopic (exact) mass is 338 g/mol. The molecule has 2 aromatic rings. The molecule has 0 spiro atoms. The number of aliphatic hydroxyl groups excluding tert-OH is 1. The molecule has 1 N–H and O–H groups in total. The fourth-order valence-corrected chi connectivity index (χ4v) is 2.81. The number of hydrogen-bond acceptors (Lipinski definition) is 6. The maximum Gasteiger partial charge on any atom is 0.223 e. The van der Waals surface area contributed by atoms with Gasteiger partial charge in [-0.05, 0) is 17.7 Å². The molecule has 0 aliphatic carbocycles. The molecule has 24 heavy (non-hydrogen) atoms. The molecule has 1 unspecified atom stereocenters. The predicted octanol–water partition coefficient (Wildman–Crippen LogP) is 1.51. The van der Waals surface area contributed by atoms with Gasteiger partial charge < -0.3 is 9.63 Å². The molecule has 130 valence electrons. The normalized spacial score (nSPS) is 18.0. The van der Waals surface area contributed by atoms with Crippen LogP contribution in [0.5, 0.6) is 0 Å². The van der Waals surface area contributed by atoms with Crippen molar-refractivity contribution in [3.63, 3.8) is 0 Å². The van der Waals surface area contributed by atoms with Crippen molar-refractivity contribution in [3.05, 3.63) is 47.1 Å². The van der Waals surface area contributed by atoms with Gasteiger partial charge in [-0.15, -0.1) is 0 Å². The number of rotatable bonds is 5. The second-order valence-electron chi connectivity index (χ2n) is 6.00. The van der Waals surface area contributed by atoms with Crippen molar-refractivity contribution in [1.82, 2.24) is 19.9 Å². The number of aryl methyl sites for hydroxylation is 1. The minimum absolute atomic E-state index is 0.388. The van der Waals surface area contributed by atoms with Crippen LogP contribution in [-0.4, -0.2) is 57.8 Å². The smallest absolute Gasteiger partial charge is 0.223 e. The molecule has 3 rings (SSSR count). The summed E-state index contributed by atoms with van der Waals surface area (Å²) in [5, 5.41) is 14.1. The van der Waals surface area contributed by atoms with Crippen molar-refractivity contribution < 1.29 is 18.4 Å². The zero-order valence-electron chi connectivity index (χ0n) is 13.5. The Balaban J connectivity index is 1.48. The molecule has 1 saturated heterocycles. The van der Waals surface area contributed by atoms with Gasteiger partial charge >= 0.3 is 0 Å². The number of hydrogen-bond donors (Lipinski definition) is 1. The zero-order chi connectivity index (χ0) is 17.1. The predicted molar refractivity (Wildman–Crippen MR) is 82.1 cm³/mol. The molecule has 1 aliphatic rings. The van der Waals surface area contributed by atoms with Gasteiger partial charge in [0, 0.05) is 39.6 Å². The number of aliphatic hydroxyl groups is 1. The van der Waals surface area contributed by atoms with E-state index in [1.807, 2.05) is 0 Å². The lowest BCUT2D eigenvalue weighted by atomic mass is 10.1. The first-order chi connectivity index (χ1) is 11.5. The maximum atomic E-state index is 13.3. The Labute approximate surface area is 138 Å². The lowest BCUT2D eigenvalue weighted by Crippen LogP contribution is -2.47. The van der Waals surface area contributed by atoms with E-state index in [4.69, 9.17) is 4.52 Å². The average molecular weight is 338 g/mol. The van der Waals surface area contributed by atoms with Crippen LogP contribution in [0.25, 0.3) is 0 Å². The first-order valence-electron chi connectivity index (χ1n) is 7.88. The van der Waals surface area contributed by atoms with Gasteiger partial charge in [-0.25, -0.2) is 8.78 Å². The van der Waals surface area contributed by atoms with E-state index < -0.39 is 17.7 Å². The van der Waals surface area contributed by atoms with Crippen LogP contribution in [0.4, 0.5) is 8.78 Å². The second-order valence-corrected chi connectivity index (χ2v) is 6.00. The first kappa shape index (κ1) is 16.9. The SMILES string of the molecule is Cc1nc(CN2CCN(CC(O)c3ccc(F)c(F)c3)CC2)no1. The Kier molecular flexibility index (Phi) is 5.17. The summed E-state index contributed by atoms with van der Waals surface area (Å²) in [5.74, 6) is -0.621. The molecule has 2 heterocycles. The summed E-state index contributed by atoms with van der Waals surface area (Å²) in [6, 6.07) is 3.51. The summed E-state index contributed by atoms with van der Waals surface area (Å²) in [7, 11) is 0. The lowest BCUT2D eigenvalue weighted by molar-refractivity contribution is 0.0688. The van der Waals surface area contributed by atoms with Crippen molar-refractivity contribution in [1.29, 1.82) is 0 Å².